The highest BCUT2D eigenvalue weighted by atomic mass is 32.2. The third-order valence-corrected chi connectivity index (χ3v) is 6.85. The first kappa shape index (κ1) is 23.2. The normalized spacial score (nSPS) is 23.0. The lowest BCUT2D eigenvalue weighted by Crippen LogP contribution is -2.46. The zero-order valence-corrected chi connectivity index (χ0v) is 17.9. The summed E-state index contributed by atoms with van der Waals surface area (Å²) in [6, 6.07) is 2.77. The molecule has 9 nitrogen and oxygen atoms in total. The van der Waals surface area contributed by atoms with Gasteiger partial charge in [0, 0.05) is 24.3 Å². The van der Waals surface area contributed by atoms with E-state index < -0.39 is 45.7 Å². The van der Waals surface area contributed by atoms with Crippen molar-refractivity contribution in [2.24, 2.45) is 5.73 Å². The molecule has 0 spiro atoms. The van der Waals surface area contributed by atoms with E-state index in [0.29, 0.717) is 31.9 Å². The van der Waals surface area contributed by atoms with Gasteiger partial charge >= 0.3 is 6.18 Å². The van der Waals surface area contributed by atoms with Crippen molar-refractivity contribution in [3.05, 3.63) is 41.3 Å². The van der Waals surface area contributed by atoms with Crippen LogP contribution in [0.3, 0.4) is 0 Å². The number of anilines is 3. The summed E-state index contributed by atoms with van der Waals surface area (Å²) in [4.78, 5) is 19.3. The summed E-state index contributed by atoms with van der Waals surface area (Å²) in [5.41, 5.74) is 3.08. The van der Waals surface area contributed by atoms with E-state index in [4.69, 9.17) is 5.73 Å². The fourth-order valence-corrected chi connectivity index (χ4v) is 5.43. The van der Waals surface area contributed by atoms with Gasteiger partial charge in [-0.2, -0.15) is 22.5 Å². The summed E-state index contributed by atoms with van der Waals surface area (Å²) in [6.45, 7) is 0. The van der Waals surface area contributed by atoms with Crippen LogP contribution in [0.5, 0.6) is 0 Å². The molecule has 0 radical (unpaired) electrons. The average molecular weight is 488 g/mol. The van der Waals surface area contributed by atoms with E-state index in [1.807, 2.05) is 0 Å². The number of hydrogen-bond donors (Lipinski definition) is 4. The molecule has 2 unspecified atom stereocenters. The number of alkyl halides is 3. The van der Waals surface area contributed by atoms with Crippen molar-refractivity contribution in [3.8, 4) is 0 Å². The van der Waals surface area contributed by atoms with E-state index in [1.165, 1.54) is 16.4 Å². The van der Waals surface area contributed by atoms with Crippen LogP contribution in [0.1, 0.15) is 41.6 Å². The van der Waals surface area contributed by atoms with Gasteiger partial charge in [-0.1, -0.05) is 6.07 Å². The molecule has 0 aliphatic carbocycles. The predicted molar refractivity (Wildman–Crippen MR) is 111 cm³/mol. The maximum Gasteiger partial charge on any atom is 0.421 e. The Kier molecular flexibility index (Phi) is 6.14. The molecule has 2 bridgehead atoms. The van der Waals surface area contributed by atoms with Crippen LogP contribution in [-0.2, 0) is 17.1 Å². The SMILES string of the molecule is NC(=O)c1c(F)cccc1Nc1nc(NC2CC3CCC(C2)N3[SH](=O)=O)ncc1C(F)(F)F. The van der Waals surface area contributed by atoms with Gasteiger partial charge in [0.05, 0.1) is 11.3 Å². The van der Waals surface area contributed by atoms with Crippen molar-refractivity contribution < 1.29 is 30.8 Å². The molecule has 178 valence electrons. The van der Waals surface area contributed by atoms with Crippen molar-refractivity contribution in [3.63, 3.8) is 0 Å². The van der Waals surface area contributed by atoms with Gasteiger partial charge in [-0.15, -0.1) is 0 Å². The van der Waals surface area contributed by atoms with Crippen molar-refractivity contribution in [2.75, 3.05) is 10.6 Å². The predicted octanol–water partition coefficient (Wildman–Crippen LogP) is 2.41. The first-order valence-corrected chi connectivity index (χ1v) is 11.2. The van der Waals surface area contributed by atoms with Crippen molar-refractivity contribution in [1.29, 1.82) is 0 Å². The topological polar surface area (TPSA) is 130 Å². The zero-order valence-electron chi connectivity index (χ0n) is 17.0. The summed E-state index contributed by atoms with van der Waals surface area (Å²) < 4.78 is 79.1. The fraction of sp³-hybridized carbons (Fsp3) is 0.421. The van der Waals surface area contributed by atoms with Gasteiger partial charge in [0.2, 0.25) is 16.8 Å². The van der Waals surface area contributed by atoms with Crippen LogP contribution in [0, 0.1) is 5.82 Å². The van der Waals surface area contributed by atoms with Crippen LogP contribution in [0.4, 0.5) is 35.0 Å². The minimum absolute atomic E-state index is 0.119. The Morgan fingerprint density at radius 2 is 1.85 bits per heavy atom. The smallest absolute Gasteiger partial charge is 0.365 e. The number of rotatable bonds is 6. The Morgan fingerprint density at radius 3 is 2.42 bits per heavy atom. The van der Waals surface area contributed by atoms with E-state index >= 15 is 0 Å². The number of carbonyl (C=O) groups is 1. The van der Waals surface area contributed by atoms with Crippen LogP contribution in [0.2, 0.25) is 0 Å². The number of piperidine rings is 1. The third kappa shape index (κ3) is 4.71. The molecule has 2 aliphatic rings. The van der Waals surface area contributed by atoms with Gasteiger partial charge in [-0.05, 0) is 37.8 Å². The number of thiol groups is 1. The third-order valence-electron chi connectivity index (χ3n) is 5.82. The molecule has 3 heterocycles. The van der Waals surface area contributed by atoms with Gasteiger partial charge in [0.1, 0.15) is 17.2 Å². The standard InChI is InChI=1S/C19H20F4N6O3S/c20-13-2-1-3-14(15(13)16(24)30)27-17-12(19(21,22)23)8-25-18(28-17)26-9-6-10-4-5-11(7-9)29(10)33(31)32/h1-3,8-11,33H,4-7H2,(H2,24,30)(H2,25,26,27,28). The Labute approximate surface area is 187 Å². The number of aromatic nitrogens is 2. The second-order valence-electron chi connectivity index (χ2n) is 7.92. The summed E-state index contributed by atoms with van der Waals surface area (Å²) in [5, 5.41) is 5.34. The summed E-state index contributed by atoms with van der Waals surface area (Å²) in [5.74, 6) is -2.95. The van der Waals surface area contributed by atoms with Crippen LogP contribution in [0.15, 0.2) is 24.4 Å². The number of hydrogen-bond acceptors (Lipinski definition) is 7. The Hall–Kier alpha value is -3.00. The molecule has 1 aromatic carbocycles. The average Bonchev–Trinajstić information content (AvgIpc) is 2.98. The summed E-state index contributed by atoms with van der Waals surface area (Å²) >= 11 is 0. The van der Waals surface area contributed by atoms with Crippen LogP contribution in [-0.4, -0.2) is 46.7 Å². The minimum Gasteiger partial charge on any atom is -0.365 e. The highest BCUT2D eigenvalue weighted by molar-refractivity contribution is 7.69. The first-order valence-electron chi connectivity index (χ1n) is 10.0. The number of nitrogens with zero attached hydrogens (tertiary/aromatic N) is 3. The molecule has 2 aliphatic heterocycles. The number of benzene rings is 1. The molecular weight excluding hydrogens is 468 g/mol. The van der Waals surface area contributed by atoms with Gasteiger partial charge in [0.25, 0.3) is 5.91 Å². The number of nitrogens with one attached hydrogen (secondary N) is 2. The van der Waals surface area contributed by atoms with E-state index in [-0.39, 0.29) is 29.8 Å². The number of halogens is 4. The first-order chi connectivity index (χ1) is 15.5. The molecule has 2 atom stereocenters. The molecule has 4 rings (SSSR count). The lowest BCUT2D eigenvalue weighted by Gasteiger charge is -2.35. The number of primary amides is 1. The summed E-state index contributed by atoms with van der Waals surface area (Å²) in [7, 11) is -2.70. The highest BCUT2D eigenvalue weighted by Crippen LogP contribution is 2.38. The lowest BCUT2D eigenvalue weighted by molar-refractivity contribution is -0.137. The van der Waals surface area contributed by atoms with Gasteiger partial charge < -0.3 is 16.4 Å². The minimum atomic E-state index is -4.83. The van der Waals surface area contributed by atoms with E-state index in [0.717, 1.165) is 6.07 Å². The molecule has 4 N–H and O–H groups in total. The van der Waals surface area contributed by atoms with Crippen LogP contribution >= 0.6 is 0 Å². The highest BCUT2D eigenvalue weighted by Gasteiger charge is 2.43. The number of amides is 1. The molecule has 2 saturated heterocycles. The zero-order chi connectivity index (χ0) is 23.9. The van der Waals surface area contributed by atoms with Crippen molar-refractivity contribution in [1.82, 2.24) is 14.3 Å². The van der Waals surface area contributed by atoms with Crippen molar-refractivity contribution >= 4 is 34.3 Å². The van der Waals surface area contributed by atoms with Gasteiger partial charge in [-0.25, -0.2) is 17.8 Å². The van der Waals surface area contributed by atoms with Crippen molar-refractivity contribution in [2.45, 2.75) is 50.0 Å². The second-order valence-corrected chi connectivity index (χ2v) is 8.86. The fourth-order valence-electron chi connectivity index (χ4n) is 4.48. The monoisotopic (exact) mass is 488 g/mol. The molecule has 2 fully saturated rings. The second kappa shape index (κ2) is 8.74. The maximum atomic E-state index is 14.0. The molecule has 1 aromatic heterocycles. The maximum absolute atomic E-state index is 14.0. The van der Waals surface area contributed by atoms with Crippen LogP contribution in [0.25, 0.3) is 0 Å². The van der Waals surface area contributed by atoms with Crippen LogP contribution < -0.4 is 16.4 Å². The Balaban J connectivity index is 1.62. The largest absolute Gasteiger partial charge is 0.421 e. The quantitative estimate of drug-likeness (QED) is 0.363. The molecule has 33 heavy (non-hydrogen) atoms. The molecule has 0 saturated carbocycles. The molecule has 1 amide bonds. The van der Waals surface area contributed by atoms with Gasteiger partial charge in [0.15, 0.2) is 0 Å². The molecule has 2 aromatic rings. The number of fused-ring (bicyclic) bond motifs is 2. The molecular formula is C19H20F4N6O3S. The molecule has 14 heteroatoms. The number of carbonyl (C=O) groups excluding carboxylic acids is 1. The van der Waals surface area contributed by atoms with E-state index in [2.05, 4.69) is 20.6 Å². The summed E-state index contributed by atoms with van der Waals surface area (Å²) in [6.07, 6.45) is -1.90. The Morgan fingerprint density at radius 1 is 1.18 bits per heavy atom. The van der Waals surface area contributed by atoms with Gasteiger partial charge in [-0.3, -0.25) is 4.79 Å². The Bertz CT molecular complexity index is 1140. The van der Waals surface area contributed by atoms with E-state index in [1.54, 1.807) is 0 Å². The number of nitrogens with two attached hydrogens (primary N) is 1. The van der Waals surface area contributed by atoms with E-state index in [9.17, 15) is 30.8 Å². The lowest BCUT2D eigenvalue weighted by atomic mass is 10.00.